The van der Waals surface area contributed by atoms with Crippen LogP contribution in [0.15, 0.2) is 54.2 Å². The molecule has 0 spiro atoms. The van der Waals surface area contributed by atoms with E-state index in [4.69, 9.17) is 28.5 Å². The number of ether oxygens (including phenoxy) is 3. The van der Waals surface area contributed by atoms with Crippen LogP contribution in [0.25, 0.3) is 17.2 Å². The molecule has 3 aromatic rings. The van der Waals surface area contributed by atoms with Crippen LogP contribution < -0.4 is 19.5 Å². The standard InChI is InChI=1S/C28H30FN2O7P/c1-17-22(10-18-11-25(35-3)28(26(12-18)36-4)37-16-38-39(33)34)21-8-7-19(29)13-24(21)23(17)14-27(32)30-15-20-6-5-9-31(20)2/h5-13,33-34H,14-16H2,1-4H3,(H,30,32)/b22-10-. The molecule has 0 unspecified atom stereocenters. The quantitative estimate of drug-likeness (QED) is 0.230. The van der Waals surface area contributed by atoms with Gasteiger partial charge in [-0.25, -0.2) is 4.39 Å². The van der Waals surface area contributed by atoms with Crippen molar-refractivity contribution in [1.82, 2.24) is 9.88 Å². The Hall–Kier alpha value is -3.69. The Morgan fingerprint density at radius 1 is 1.10 bits per heavy atom. The first-order valence-electron chi connectivity index (χ1n) is 12.0. The molecule has 3 N–H and O–H groups in total. The molecule has 11 heteroatoms. The van der Waals surface area contributed by atoms with E-state index in [0.29, 0.717) is 29.2 Å². The van der Waals surface area contributed by atoms with E-state index in [1.807, 2.05) is 42.9 Å². The van der Waals surface area contributed by atoms with E-state index in [0.717, 1.165) is 28.0 Å². The van der Waals surface area contributed by atoms with Gasteiger partial charge in [0.25, 0.3) is 0 Å². The number of nitrogens with one attached hydrogen (secondary N) is 1. The molecule has 1 aromatic heterocycles. The van der Waals surface area contributed by atoms with Crippen LogP contribution >= 0.6 is 8.60 Å². The van der Waals surface area contributed by atoms with Gasteiger partial charge in [-0.3, -0.25) is 9.32 Å². The average Bonchev–Trinajstić information content (AvgIpc) is 3.43. The van der Waals surface area contributed by atoms with Crippen LogP contribution in [-0.2, 0) is 22.9 Å². The lowest BCUT2D eigenvalue weighted by Gasteiger charge is -2.16. The molecule has 0 bridgehead atoms. The number of allylic oxidation sites excluding steroid dienone is 2. The number of halogens is 1. The number of amides is 1. The number of methoxy groups -OCH3 is 2. The number of hydrogen-bond acceptors (Lipinski definition) is 7. The number of aryl methyl sites for hydroxylation is 1. The van der Waals surface area contributed by atoms with Gasteiger partial charge in [0.1, 0.15) is 5.82 Å². The van der Waals surface area contributed by atoms with Crippen LogP contribution in [0, 0.1) is 5.82 Å². The highest BCUT2D eigenvalue weighted by molar-refractivity contribution is 7.39. The number of rotatable bonds is 11. The third-order valence-electron chi connectivity index (χ3n) is 6.47. The zero-order chi connectivity index (χ0) is 28.1. The zero-order valence-electron chi connectivity index (χ0n) is 22.0. The van der Waals surface area contributed by atoms with E-state index in [9.17, 15) is 9.18 Å². The number of fused-ring (bicyclic) bond motifs is 1. The predicted molar refractivity (Wildman–Crippen MR) is 146 cm³/mol. The summed E-state index contributed by atoms with van der Waals surface area (Å²) in [5.41, 5.74) is 5.61. The van der Waals surface area contributed by atoms with E-state index in [1.165, 1.54) is 26.4 Å². The maximum atomic E-state index is 14.3. The minimum Gasteiger partial charge on any atom is -0.493 e. The number of hydrogen-bond donors (Lipinski definition) is 3. The molecule has 0 saturated heterocycles. The second-order valence-corrected chi connectivity index (χ2v) is 9.58. The third-order valence-corrected chi connectivity index (χ3v) is 6.81. The molecule has 0 atom stereocenters. The van der Waals surface area contributed by atoms with E-state index in [1.54, 1.807) is 18.2 Å². The Morgan fingerprint density at radius 3 is 2.44 bits per heavy atom. The summed E-state index contributed by atoms with van der Waals surface area (Å²) >= 11 is 0. The van der Waals surface area contributed by atoms with Crippen molar-refractivity contribution in [2.75, 3.05) is 21.0 Å². The van der Waals surface area contributed by atoms with Crippen molar-refractivity contribution in [2.24, 2.45) is 7.05 Å². The van der Waals surface area contributed by atoms with Crippen LogP contribution in [0.5, 0.6) is 17.2 Å². The SMILES string of the molecule is COc1cc(/C=C2/C(C)=C(CC(=O)NCc3cccn3C)c3cc(F)ccc32)cc(OC)c1OCOP(O)O. The Morgan fingerprint density at radius 2 is 1.82 bits per heavy atom. The Labute approximate surface area is 227 Å². The molecule has 0 aliphatic heterocycles. The monoisotopic (exact) mass is 556 g/mol. The van der Waals surface area contributed by atoms with Crippen LogP contribution in [0.4, 0.5) is 4.39 Å². The van der Waals surface area contributed by atoms with Gasteiger partial charge >= 0.3 is 8.60 Å². The van der Waals surface area contributed by atoms with Gasteiger partial charge in [-0.1, -0.05) is 6.07 Å². The molecule has 9 nitrogen and oxygen atoms in total. The van der Waals surface area contributed by atoms with Crippen molar-refractivity contribution in [3.63, 3.8) is 0 Å². The Balaban J connectivity index is 1.66. The van der Waals surface area contributed by atoms with Gasteiger partial charge in [-0.05, 0) is 82.8 Å². The van der Waals surface area contributed by atoms with Crippen molar-refractivity contribution >= 4 is 31.7 Å². The minimum absolute atomic E-state index is 0.0989. The van der Waals surface area contributed by atoms with Gasteiger partial charge in [0, 0.05) is 18.9 Å². The zero-order valence-corrected chi connectivity index (χ0v) is 22.9. The highest BCUT2D eigenvalue weighted by Gasteiger charge is 2.26. The molecule has 0 saturated carbocycles. The first-order valence-corrected chi connectivity index (χ1v) is 13.2. The second-order valence-electron chi connectivity index (χ2n) is 8.81. The predicted octanol–water partition coefficient (Wildman–Crippen LogP) is 4.78. The summed E-state index contributed by atoms with van der Waals surface area (Å²) in [6.45, 7) is 1.89. The van der Waals surface area contributed by atoms with E-state index in [2.05, 4.69) is 5.32 Å². The van der Waals surface area contributed by atoms with Crippen LogP contribution in [0.2, 0.25) is 0 Å². The van der Waals surface area contributed by atoms with Crippen LogP contribution in [-0.4, -0.2) is 41.3 Å². The number of aromatic nitrogens is 1. The molecular weight excluding hydrogens is 526 g/mol. The van der Waals surface area contributed by atoms with Gasteiger partial charge < -0.3 is 33.9 Å². The fourth-order valence-electron chi connectivity index (χ4n) is 4.50. The molecule has 1 aliphatic carbocycles. The largest absolute Gasteiger partial charge is 0.493 e. The first kappa shape index (κ1) is 28.3. The van der Waals surface area contributed by atoms with Gasteiger partial charge in [0.05, 0.1) is 27.2 Å². The van der Waals surface area contributed by atoms with Gasteiger partial charge in [0.15, 0.2) is 18.3 Å². The maximum Gasteiger partial charge on any atom is 0.330 e. The molecule has 4 rings (SSSR count). The van der Waals surface area contributed by atoms with Crippen LogP contribution in [0.3, 0.4) is 0 Å². The van der Waals surface area contributed by atoms with Crippen molar-refractivity contribution < 1.29 is 37.7 Å². The summed E-state index contributed by atoms with van der Waals surface area (Å²) in [6, 6.07) is 11.9. The lowest BCUT2D eigenvalue weighted by atomic mass is 10.00. The maximum absolute atomic E-state index is 14.3. The van der Waals surface area contributed by atoms with E-state index in [-0.39, 0.29) is 23.9 Å². The number of carbonyl (C=O) groups is 1. The summed E-state index contributed by atoms with van der Waals surface area (Å²) in [4.78, 5) is 30.8. The lowest BCUT2D eigenvalue weighted by Crippen LogP contribution is -2.23. The fraction of sp³-hybridized carbons (Fsp3) is 0.250. The lowest BCUT2D eigenvalue weighted by molar-refractivity contribution is -0.120. The molecule has 1 heterocycles. The number of carbonyl (C=O) groups excluding carboxylic acids is 1. The third kappa shape index (κ3) is 6.49. The number of nitrogens with zero attached hydrogens (tertiary/aromatic N) is 1. The van der Waals surface area contributed by atoms with E-state index >= 15 is 0 Å². The summed E-state index contributed by atoms with van der Waals surface area (Å²) < 4.78 is 37.4. The molecule has 2 aromatic carbocycles. The van der Waals surface area contributed by atoms with Gasteiger partial charge in [-0.2, -0.15) is 0 Å². The van der Waals surface area contributed by atoms with Crippen molar-refractivity contribution in [1.29, 1.82) is 0 Å². The minimum atomic E-state index is -2.57. The first-order chi connectivity index (χ1) is 18.7. The average molecular weight is 557 g/mol. The topological polar surface area (TPSA) is 111 Å². The highest BCUT2D eigenvalue weighted by atomic mass is 31.2. The Bertz CT molecular complexity index is 1410. The molecule has 1 amide bonds. The summed E-state index contributed by atoms with van der Waals surface area (Å²) in [5.74, 6) is 0.360. The summed E-state index contributed by atoms with van der Waals surface area (Å²) in [7, 11) is 2.28. The highest BCUT2D eigenvalue weighted by Crippen LogP contribution is 2.45. The molecule has 39 heavy (non-hydrogen) atoms. The second kappa shape index (κ2) is 12.4. The number of benzene rings is 2. The molecule has 1 aliphatic rings. The smallest absolute Gasteiger partial charge is 0.330 e. The summed E-state index contributed by atoms with van der Waals surface area (Å²) in [5, 5.41) is 2.95. The van der Waals surface area contributed by atoms with Crippen LogP contribution in [0.1, 0.15) is 35.7 Å². The van der Waals surface area contributed by atoms with Crippen molar-refractivity contribution in [3.05, 3.63) is 82.4 Å². The van der Waals surface area contributed by atoms with Crippen molar-refractivity contribution in [2.45, 2.75) is 19.9 Å². The molecule has 0 radical (unpaired) electrons. The normalized spacial score (nSPS) is 13.7. The molecular formula is C28H30FN2O7P. The van der Waals surface area contributed by atoms with Gasteiger partial charge in [-0.15, -0.1) is 0 Å². The molecule has 206 valence electrons. The molecule has 0 fully saturated rings. The van der Waals surface area contributed by atoms with Crippen molar-refractivity contribution in [3.8, 4) is 17.2 Å². The Kier molecular flexibility index (Phi) is 9.04. The van der Waals surface area contributed by atoms with Gasteiger partial charge in [0.2, 0.25) is 11.7 Å². The van der Waals surface area contributed by atoms with E-state index < -0.39 is 15.4 Å². The summed E-state index contributed by atoms with van der Waals surface area (Å²) in [6.07, 6.45) is 3.92. The fourth-order valence-corrected chi connectivity index (χ4v) is 4.65.